The van der Waals surface area contributed by atoms with Gasteiger partial charge in [-0.1, -0.05) is 12.0 Å². The smallest absolute Gasteiger partial charge is 0.118 e. The lowest BCUT2D eigenvalue weighted by Crippen LogP contribution is -2.12. The van der Waals surface area contributed by atoms with Crippen molar-refractivity contribution in [3.8, 4) is 5.75 Å². The second-order valence-corrected chi connectivity index (χ2v) is 3.08. The van der Waals surface area contributed by atoms with Gasteiger partial charge in [-0.2, -0.15) is 0 Å². The molecule has 0 spiro atoms. The maximum absolute atomic E-state index is 5.77. The van der Waals surface area contributed by atoms with Crippen molar-refractivity contribution in [3.63, 3.8) is 0 Å². The molecular formula is C10H11BClNO. The van der Waals surface area contributed by atoms with Gasteiger partial charge >= 0.3 is 0 Å². The van der Waals surface area contributed by atoms with Crippen molar-refractivity contribution in [2.24, 2.45) is 0 Å². The van der Waals surface area contributed by atoms with E-state index in [1.165, 1.54) is 0 Å². The fraction of sp³-hybridized carbons (Fsp3) is 0.200. The molecule has 1 aromatic rings. The average molecular weight is 207 g/mol. The van der Waals surface area contributed by atoms with Gasteiger partial charge in [-0.25, -0.2) is 0 Å². The van der Waals surface area contributed by atoms with Gasteiger partial charge in [-0.05, 0) is 18.2 Å². The lowest BCUT2D eigenvalue weighted by Gasteiger charge is -2.11. The second kappa shape index (κ2) is 4.96. The molecule has 0 unspecified atom stereocenters. The standard InChI is InChI=1S/C10H11BClNO/c1-7(6-12)13-10-4-3-8(14-2)5-9(10)11/h3-5,13H,1,6H2,2H3. The van der Waals surface area contributed by atoms with E-state index in [2.05, 4.69) is 11.9 Å². The zero-order chi connectivity index (χ0) is 10.6. The first-order valence-corrected chi connectivity index (χ1v) is 4.65. The fourth-order valence-electron chi connectivity index (χ4n) is 1.01. The summed E-state index contributed by atoms with van der Waals surface area (Å²) in [6.07, 6.45) is 0. The van der Waals surface area contributed by atoms with Crippen LogP contribution in [0, 0.1) is 0 Å². The van der Waals surface area contributed by atoms with Crippen molar-refractivity contribution in [2.45, 2.75) is 0 Å². The Morgan fingerprint density at radius 3 is 2.86 bits per heavy atom. The monoisotopic (exact) mass is 207 g/mol. The molecule has 14 heavy (non-hydrogen) atoms. The molecular weight excluding hydrogens is 196 g/mol. The number of methoxy groups -OCH3 is 1. The Balaban J connectivity index is 2.83. The molecule has 0 aliphatic carbocycles. The number of benzene rings is 1. The minimum absolute atomic E-state index is 0.353. The summed E-state index contributed by atoms with van der Waals surface area (Å²) in [5.41, 5.74) is 2.11. The third kappa shape index (κ3) is 2.71. The normalized spacial score (nSPS) is 9.57. The predicted molar refractivity (Wildman–Crippen MR) is 61.9 cm³/mol. The van der Waals surface area contributed by atoms with E-state index in [0.717, 1.165) is 11.4 Å². The van der Waals surface area contributed by atoms with Gasteiger partial charge in [0.05, 0.1) is 13.0 Å². The van der Waals surface area contributed by atoms with Crippen LogP contribution in [0.1, 0.15) is 0 Å². The van der Waals surface area contributed by atoms with Gasteiger partial charge in [0, 0.05) is 11.4 Å². The van der Waals surface area contributed by atoms with E-state index < -0.39 is 0 Å². The van der Waals surface area contributed by atoms with Crippen LogP contribution in [0.2, 0.25) is 0 Å². The molecule has 0 heterocycles. The number of hydrogen-bond acceptors (Lipinski definition) is 2. The van der Waals surface area contributed by atoms with E-state index in [9.17, 15) is 0 Å². The Hall–Kier alpha value is -1.09. The van der Waals surface area contributed by atoms with Gasteiger partial charge in [0.2, 0.25) is 0 Å². The number of alkyl halides is 1. The Labute approximate surface area is 90.3 Å². The highest BCUT2D eigenvalue weighted by molar-refractivity contribution is 6.36. The summed E-state index contributed by atoms with van der Waals surface area (Å²) in [5, 5.41) is 3.00. The van der Waals surface area contributed by atoms with Crippen LogP contribution in [0.15, 0.2) is 30.5 Å². The van der Waals surface area contributed by atoms with E-state index in [-0.39, 0.29) is 0 Å². The fourth-order valence-corrected chi connectivity index (χ4v) is 1.07. The summed E-state index contributed by atoms with van der Waals surface area (Å²) in [6.45, 7) is 3.72. The van der Waals surface area contributed by atoms with Crippen LogP contribution >= 0.6 is 11.6 Å². The average Bonchev–Trinajstić information content (AvgIpc) is 2.20. The molecule has 0 aliphatic rings. The van der Waals surface area contributed by atoms with E-state index in [0.29, 0.717) is 17.0 Å². The van der Waals surface area contributed by atoms with Crippen LogP contribution in [0.3, 0.4) is 0 Å². The molecule has 0 atom stereocenters. The molecule has 1 aromatic carbocycles. The van der Waals surface area contributed by atoms with E-state index in [1.54, 1.807) is 13.2 Å². The highest BCUT2D eigenvalue weighted by atomic mass is 35.5. The third-order valence-corrected chi connectivity index (χ3v) is 2.05. The number of nitrogens with one attached hydrogen (secondary N) is 1. The number of ether oxygens (including phenoxy) is 1. The number of halogens is 1. The molecule has 1 rings (SSSR count). The maximum Gasteiger partial charge on any atom is 0.118 e. The topological polar surface area (TPSA) is 21.3 Å². The largest absolute Gasteiger partial charge is 0.497 e. The van der Waals surface area contributed by atoms with Crippen molar-refractivity contribution < 1.29 is 4.74 Å². The Bertz CT molecular complexity index is 341. The number of allylic oxidation sites excluding steroid dienone is 1. The Kier molecular flexibility index (Phi) is 3.90. The molecule has 0 saturated heterocycles. The number of anilines is 1. The van der Waals surface area contributed by atoms with Gasteiger partial charge in [-0.15, -0.1) is 11.6 Å². The van der Waals surface area contributed by atoms with Gasteiger partial charge in [0.1, 0.15) is 13.6 Å². The second-order valence-electron chi connectivity index (χ2n) is 2.82. The molecule has 4 heteroatoms. The molecule has 1 N–H and O–H groups in total. The SMILES string of the molecule is [B]c1cc(OC)ccc1NC(=C)CCl. The van der Waals surface area contributed by atoms with Gasteiger partial charge in [0.25, 0.3) is 0 Å². The molecule has 2 radical (unpaired) electrons. The first kappa shape index (κ1) is 11.0. The van der Waals surface area contributed by atoms with Crippen LogP contribution in [-0.4, -0.2) is 20.8 Å². The van der Waals surface area contributed by atoms with Crippen LogP contribution in [-0.2, 0) is 0 Å². The van der Waals surface area contributed by atoms with Gasteiger partial charge < -0.3 is 10.1 Å². The van der Waals surface area contributed by atoms with Crippen LogP contribution in [0.25, 0.3) is 0 Å². The molecule has 0 fully saturated rings. The summed E-state index contributed by atoms with van der Waals surface area (Å²) in [7, 11) is 7.37. The maximum atomic E-state index is 5.77. The Morgan fingerprint density at radius 1 is 1.64 bits per heavy atom. The summed E-state index contributed by atoms with van der Waals surface area (Å²) in [5.74, 6) is 1.08. The first-order chi connectivity index (χ1) is 6.67. The molecule has 0 saturated carbocycles. The van der Waals surface area contributed by atoms with Crippen molar-refractivity contribution in [2.75, 3.05) is 18.3 Å². The van der Waals surface area contributed by atoms with Crippen LogP contribution < -0.4 is 15.5 Å². The third-order valence-electron chi connectivity index (χ3n) is 1.73. The minimum atomic E-state index is 0.353. The predicted octanol–water partition coefficient (Wildman–Crippen LogP) is 1.65. The molecule has 2 nitrogen and oxygen atoms in total. The van der Waals surface area contributed by atoms with Gasteiger partial charge in [0.15, 0.2) is 0 Å². The van der Waals surface area contributed by atoms with E-state index >= 15 is 0 Å². The lowest BCUT2D eigenvalue weighted by molar-refractivity contribution is 0.415. The zero-order valence-corrected chi connectivity index (χ0v) is 8.77. The Morgan fingerprint density at radius 2 is 2.36 bits per heavy atom. The highest BCUT2D eigenvalue weighted by Crippen LogP contribution is 2.13. The molecule has 0 bridgehead atoms. The van der Waals surface area contributed by atoms with Crippen LogP contribution in [0.4, 0.5) is 5.69 Å². The van der Waals surface area contributed by atoms with Crippen molar-refractivity contribution >= 4 is 30.6 Å². The van der Waals surface area contributed by atoms with Crippen LogP contribution in [0.5, 0.6) is 5.75 Å². The van der Waals surface area contributed by atoms with Crippen molar-refractivity contribution in [1.29, 1.82) is 0 Å². The summed E-state index contributed by atoms with van der Waals surface area (Å²) < 4.78 is 5.03. The van der Waals surface area contributed by atoms with Crippen molar-refractivity contribution in [1.82, 2.24) is 0 Å². The molecule has 0 amide bonds. The summed E-state index contributed by atoms with van der Waals surface area (Å²) in [6, 6.07) is 5.38. The first-order valence-electron chi connectivity index (χ1n) is 4.11. The summed E-state index contributed by atoms with van der Waals surface area (Å²) in [4.78, 5) is 0. The minimum Gasteiger partial charge on any atom is -0.497 e. The molecule has 0 aliphatic heterocycles. The number of hydrogen-bond donors (Lipinski definition) is 1. The lowest BCUT2D eigenvalue weighted by atomic mass is 9.93. The zero-order valence-electron chi connectivity index (χ0n) is 8.01. The molecule has 0 aromatic heterocycles. The van der Waals surface area contributed by atoms with Gasteiger partial charge in [-0.3, -0.25) is 0 Å². The van der Waals surface area contributed by atoms with E-state index in [1.807, 2.05) is 12.1 Å². The molecule has 72 valence electrons. The highest BCUT2D eigenvalue weighted by Gasteiger charge is 2.00. The van der Waals surface area contributed by atoms with Crippen molar-refractivity contribution in [3.05, 3.63) is 30.5 Å². The quantitative estimate of drug-likeness (QED) is 0.599. The number of rotatable bonds is 4. The summed E-state index contributed by atoms with van der Waals surface area (Å²) >= 11 is 5.59. The van der Waals surface area contributed by atoms with E-state index in [4.69, 9.17) is 24.2 Å².